The molecule has 1 amide bonds. The molecule has 1 heterocycles. The molecule has 0 aromatic heterocycles. The van der Waals surface area contributed by atoms with E-state index in [1.807, 2.05) is 26.0 Å². The van der Waals surface area contributed by atoms with Crippen LogP contribution in [0.2, 0.25) is 0 Å². The highest BCUT2D eigenvalue weighted by molar-refractivity contribution is 5.99. The van der Waals surface area contributed by atoms with Crippen LogP contribution in [-0.4, -0.2) is 51.5 Å². The standard InChI is InChI=1S/C23H28N2O8/c1-14(2)22(15-5-6-18-20(11-15)33-10-9-31-18)24-23(26)16-12-19(30-4)21(32-8-7-29-3)13-17(16)25(27)28/h5-6,11-14,22H,7-10H2,1-4H3,(H,24,26). The summed E-state index contributed by atoms with van der Waals surface area (Å²) in [5.41, 5.74) is 0.293. The Morgan fingerprint density at radius 1 is 1.09 bits per heavy atom. The smallest absolute Gasteiger partial charge is 0.286 e. The summed E-state index contributed by atoms with van der Waals surface area (Å²) in [6, 6.07) is 7.55. The van der Waals surface area contributed by atoms with Crippen LogP contribution in [-0.2, 0) is 4.74 Å². The van der Waals surface area contributed by atoms with Crippen LogP contribution in [0.25, 0.3) is 0 Å². The van der Waals surface area contributed by atoms with Gasteiger partial charge in [-0.1, -0.05) is 19.9 Å². The lowest BCUT2D eigenvalue weighted by Crippen LogP contribution is -2.32. The van der Waals surface area contributed by atoms with Crippen molar-refractivity contribution in [1.82, 2.24) is 5.32 Å². The number of ether oxygens (including phenoxy) is 5. The summed E-state index contributed by atoms with van der Waals surface area (Å²) in [7, 11) is 2.92. The maximum Gasteiger partial charge on any atom is 0.286 e. The van der Waals surface area contributed by atoms with E-state index in [0.29, 0.717) is 31.3 Å². The molecular weight excluding hydrogens is 432 g/mol. The number of nitro groups is 1. The minimum Gasteiger partial charge on any atom is -0.493 e. The molecular formula is C23H28N2O8. The van der Waals surface area contributed by atoms with Gasteiger partial charge in [0.2, 0.25) is 0 Å². The lowest BCUT2D eigenvalue weighted by molar-refractivity contribution is -0.385. The Balaban J connectivity index is 1.91. The normalized spacial score (nSPS) is 13.4. The Kier molecular flexibility index (Phi) is 7.94. The molecule has 33 heavy (non-hydrogen) atoms. The fourth-order valence-electron chi connectivity index (χ4n) is 3.50. The number of amides is 1. The minimum atomic E-state index is -0.619. The molecule has 2 aromatic rings. The summed E-state index contributed by atoms with van der Waals surface area (Å²) in [5.74, 6) is 1.01. The number of nitro benzene ring substituents is 1. The number of fused-ring (bicyclic) bond motifs is 1. The van der Waals surface area contributed by atoms with Crippen LogP contribution in [0.1, 0.15) is 35.8 Å². The number of hydrogen-bond donors (Lipinski definition) is 1. The molecule has 10 heteroatoms. The van der Waals surface area contributed by atoms with Crippen molar-refractivity contribution < 1.29 is 33.4 Å². The number of carbonyl (C=O) groups is 1. The molecule has 1 N–H and O–H groups in total. The number of nitrogens with one attached hydrogen (secondary N) is 1. The van der Waals surface area contributed by atoms with E-state index in [2.05, 4.69) is 5.32 Å². The Morgan fingerprint density at radius 3 is 2.45 bits per heavy atom. The van der Waals surface area contributed by atoms with Crippen molar-refractivity contribution in [3.63, 3.8) is 0 Å². The number of hydrogen-bond acceptors (Lipinski definition) is 8. The highest BCUT2D eigenvalue weighted by Crippen LogP contribution is 2.37. The molecule has 0 bridgehead atoms. The topological polar surface area (TPSA) is 118 Å². The molecule has 1 aliphatic rings. The van der Waals surface area contributed by atoms with Crippen molar-refractivity contribution in [2.75, 3.05) is 40.6 Å². The molecule has 1 unspecified atom stereocenters. The summed E-state index contributed by atoms with van der Waals surface area (Å²) in [4.78, 5) is 24.3. The van der Waals surface area contributed by atoms with Crippen molar-refractivity contribution in [3.05, 3.63) is 51.6 Å². The maximum atomic E-state index is 13.2. The molecule has 1 aliphatic heterocycles. The Bertz CT molecular complexity index is 1010. The molecule has 0 radical (unpaired) electrons. The average molecular weight is 460 g/mol. The van der Waals surface area contributed by atoms with Gasteiger partial charge in [-0.15, -0.1) is 0 Å². The third-order valence-electron chi connectivity index (χ3n) is 5.15. The van der Waals surface area contributed by atoms with E-state index in [1.54, 1.807) is 6.07 Å². The van der Waals surface area contributed by atoms with E-state index < -0.39 is 16.9 Å². The van der Waals surface area contributed by atoms with Crippen LogP contribution in [0.4, 0.5) is 5.69 Å². The van der Waals surface area contributed by atoms with E-state index in [-0.39, 0.29) is 35.3 Å². The first-order valence-electron chi connectivity index (χ1n) is 10.5. The Morgan fingerprint density at radius 2 is 1.82 bits per heavy atom. The van der Waals surface area contributed by atoms with Crippen LogP contribution < -0.4 is 24.3 Å². The first-order valence-corrected chi connectivity index (χ1v) is 10.5. The third-order valence-corrected chi connectivity index (χ3v) is 5.15. The van der Waals surface area contributed by atoms with Gasteiger partial charge in [-0.25, -0.2) is 0 Å². The highest BCUT2D eigenvalue weighted by Gasteiger charge is 2.28. The fraction of sp³-hybridized carbons (Fsp3) is 0.435. The molecule has 178 valence electrons. The number of nitrogens with zero attached hydrogens (tertiary/aromatic N) is 1. The molecule has 10 nitrogen and oxygen atoms in total. The first-order chi connectivity index (χ1) is 15.8. The molecule has 0 saturated heterocycles. The number of carbonyl (C=O) groups excluding carboxylic acids is 1. The van der Waals surface area contributed by atoms with E-state index in [4.69, 9.17) is 23.7 Å². The maximum absolute atomic E-state index is 13.2. The zero-order chi connectivity index (χ0) is 24.0. The predicted molar refractivity (Wildman–Crippen MR) is 119 cm³/mol. The molecule has 0 aliphatic carbocycles. The van der Waals surface area contributed by atoms with Crippen molar-refractivity contribution >= 4 is 11.6 Å². The Labute approximate surface area is 191 Å². The van der Waals surface area contributed by atoms with Crippen molar-refractivity contribution in [2.24, 2.45) is 5.92 Å². The van der Waals surface area contributed by atoms with Crippen LogP contribution in [0.15, 0.2) is 30.3 Å². The van der Waals surface area contributed by atoms with E-state index >= 15 is 0 Å². The average Bonchev–Trinajstić information content (AvgIpc) is 2.81. The number of rotatable bonds is 10. The fourth-order valence-corrected chi connectivity index (χ4v) is 3.50. The van der Waals surface area contributed by atoms with Crippen molar-refractivity contribution in [3.8, 4) is 23.0 Å². The lowest BCUT2D eigenvalue weighted by Gasteiger charge is -2.25. The molecule has 0 saturated carbocycles. The zero-order valence-corrected chi connectivity index (χ0v) is 19.1. The van der Waals surface area contributed by atoms with Gasteiger partial charge in [0.15, 0.2) is 23.0 Å². The highest BCUT2D eigenvalue weighted by atomic mass is 16.6. The van der Waals surface area contributed by atoms with Crippen LogP contribution >= 0.6 is 0 Å². The Hall–Kier alpha value is -3.53. The minimum absolute atomic E-state index is 0.00545. The predicted octanol–water partition coefficient (Wildman–Crippen LogP) is 3.53. The molecule has 3 rings (SSSR count). The molecule has 0 fully saturated rings. The molecule has 1 atom stereocenters. The third kappa shape index (κ3) is 5.64. The van der Waals surface area contributed by atoms with Gasteiger partial charge in [0.25, 0.3) is 11.6 Å². The van der Waals surface area contributed by atoms with Gasteiger partial charge >= 0.3 is 0 Å². The number of methoxy groups -OCH3 is 2. The van der Waals surface area contributed by atoms with Gasteiger partial charge in [0, 0.05) is 13.2 Å². The van der Waals surface area contributed by atoms with Crippen LogP contribution in [0.3, 0.4) is 0 Å². The lowest BCUT2D eigenvalue weighted by atomic mass is 9.95. The summed E-state index contributed by atoms with van der Waals surface area (Å²) < 4.78 is 27.0. The second-order valence-corrected chi connectivity index (χ2v) is 7.72. The zero-order valence-electron chi connectivity index (χ0n) is 19.1. The summed E-state index contributed by atoms with van der Waals surface area (Å²) in [6.45, 7) is 5.29. The van der Waals surface area contributed by atoms with Gasteiger partial charge in [-0.3, -0.25) is 14.9 Å². The largest absolute Gasteiger partial charge is 0.493 e. The van der Waals surface area contributed by atoms with Crippen molar-refractivity contribution in [1.29, 1.82) is 0 Å². The second kappa shape index (κ2) is 10.9. The van der Waals surface area contributed by atoms with E-state index in [0.717, 1.165) is 5.56 Å². The van der Waals surface area contributed by atoms with Crippen LogP contribution in [0, 0.1) is 16.0 Å². The van der Waals surface area contributed by atoms with Gasteiger partial charge in [0.1, 0.15) is 25.4 Å². The van der Waals surface area contributed by atoms with Gasteiger partial charge in [-0.2, -0.15) is 0 Å². The van der Waals surface area contributed by atoms with Gasteiger partial charge in [0.05, 0.1) is 30.7 Å². The SMILES string of the molecule is COCCOc1cc([N+](=O)[O-])c(C(=O)NC(c2ccc3c(c2)OCCO3)C(C)C)cc1OC. The number of benzene rings is 2. The van der Waals surface area contributed by atoms with Gasteiger partial charge < -0.3 is 29.0 Å². The quantitative estimate of drug-likeness (QED) is 0.325. The van der Waals surface area contributed by atoms with Gasteiger partial charge in [-0.05, 0) is 23.6 Å². The summed E-state index contributed by atoms with van der Waals surface area (Å²) in [5, 5.41) is 14.7. The molecule has 2 aromatic carbocycles. The first kappa shape index (κ1) is 24.1. The molecule has 0 spiro atoms. The summed E-state index contributed by atoms with van der Waals surface area (Å²) in [6.07, 6.45) is 0. The monoisotopic (exact) mass is 460 g/mol. The summed E-state index contributed by atoms with van der Waals surface area (Å²) >= 11 is 0. The van der Waals surface area contributed by atoms with Crippen molar-refractivity contribution in [2.45, 2.75) is 19.9 Å². The van der Waals surface area contributed by atoms with E-state index in [9.17, 15) is 14.9 Å². The second-order valence-electron chi connectivity index (χ2n) is 7.72. The van der Waals surface area contributed by atoms with E-state index in [1.165, 1.54) is 26.4 Å². The van der Waals surface area contributed by atoms with Crippen LogP contribution in [0.5, 0.6) is 23.0 Å².